The summed E-state index contributed by atoms with van der Waals surface area (Å²) >= 11 is -1.34. The maximum Gasteiger partial charge on any atom is 0.330 e. The smallest absolute Gasteiger partial charge is 0.330 e. The van der Waals surface area contributed by atoms with Gasteiger partial charge >= 0.3 is 5.97 Å². The molecule has 0 aliphatic carbocycles. The minimum atomic E-state index is -1.34. The van der Waals surface area contributed by atoms with E-state index in [4.69, 9.17) is 9.47 Å². The number of ether oxygens (including phenoxy) is 3. The van der Waals surface area contributed by atoms with Crippen LogP contribution in [0, 0.1) is 6.92 Å². The Labute approximate surface area is 170 Å². The Morgan fingerprint density at radius 3 is 2.61 bits per heavy atom. The molecule has 0 aromatic heterocycles. The van der Waals surface area contributed by atoms with Crippen molar-refractivity contribution in [1.29, 1.82) is 0 Å². The van der Waals surface area contributed by atoms with Gasteiger partial charge in [0.2, 0.25) is 0 Å². The summed E-state index contributed by atoms with van der Waals surface area (Å²) in [5.74, 6) is -0.949. The van der Waals surface area contributed by atoms with Crippen LogP contribution < -0.4 is 4.72 Å². The van der Waals surface area contributed by atoms with E-state index in [2.05, 4.69) is 16.4 Å². The van der Waals surface area contributed by atoms with Crippen molar-refractivity contribution < 1.29 is 23.6 Å². The van der Waals surface area contributed by atoms with Gasteiger partial charge in [0, 0.05) is 18.9 Å². The fraction of sp³-hybridized carbons (Fsp3) is 0.571. The molecule has 1 fully saturated rings. The molecular formula is C21H31NO5S. The van der Waals surface area contributed by atoms with E-state index in [0.29, 0.717) is 32.5 Å². The summed E-state index contributed by atoms with van der Waals surface area (Å²) in [6.07, 6.45) is 6.91. The zero-order valence-electron chi connectivity index (χ0n) is 16.9. The van der Waals surface area contributed by atoms with Crippen LogP contribution in [0.1, 0.15) is 44.6 Å². The van der Waals surface area contributed by atoms with Gasteiger partial charge in [0.1, 0.15) is 0 Å². The average Bonchev–Trinajstić information content (AvgIpc) is 3.15. The highest BCUT2D eigenvalue weighted by Crippen LogP contribution is 2.31. The Morgan fingerprint density at radius 1 is 1.32 bits per heavy atom. The average molecular weight is 410 g/mol. The van der Waals surface area contributed by atoms with Crippen molar-refractivity contribution in [3.05, 3.63) is 42.0 Å². The third-order valence-corrected chi connectivity index (χ3v) is 5.95. The molecule has 1 aromatic rings. The molecule has 2 rings (SSSR count). The first-order valence-corrected chi connectivity index (χ1v) is 10.9. The van der Waals surface area contributed by atoms with Crippen LogP contribution in [0.4, 0.5) is 0 Å². The molecule has 1 saturated heterocycles. The molecule has 2 atom stereocenters. The van der Waals surface area contributed by atoms with Crippen molar-refractivity contribution >= 4 is 17.3 Å². The molecular weight excluding hydrogens is 378 g/mol. The minimum Gasteiger partial charge on any atom is -0.593 e. The highest BCUT2D eigenvalue weighted by atomic mass is 32.2. The third kappa shape index (κ3) is 7.22. The number of carbonyl (C=O) groups excluding carboxylic acids is 1. The van der Waals surface area contributed by atoms with Gasteiger partial charge in [-0.3, -0.25) is 0 Å². The number of rotatable bonds is 11. The van der Waals surface area contributed by atoms with Crippen LogP contribution in [0.3, 0.4) is 0 Å². The Balaban J connectivity index is 2.01. The second kappa shape index (κ2) is 11.6. The van der Waals surface area contributed by atoms with Gasteiger partial charge in [0.15, 0.2) is 10.7 Å². The fourth-order valence-electron chi connectivity index (χ4n) is 3.19. The number of hydrogen-bond donors (Lipinski definition) is 1. The fourth-order valence-corrected chi connectivity index (χ4v) is 4.22. The lowest BCUT2D eigenvalue weighted by Crippen LogP contribution is -2.38. The summed E-state index contributed by atoms with van der Waals surface area (Å²) in [6.45, 7) is 5.31. The second-order valence-electron chi connectivity index (χ2n) is 6.95. The van der Waals surface area contributed by atoms with Crippen molar-refractivity contribution in [2.24, 2.45) is 0 Å². The molecule has 0 saturated carbocycles. The second-order valence-corrected chi connectivity index (χ2v) is 8.20. The standard InChI is InChI=1S/C21H31NO5S/c1-4-13-21(26-15-16-27-21)14-12-18(6-5-7-20(23)25-3)22-28(24)19-10-8-17(2)9-11-19/h5,7-11,18,22H,4,6,12-16H2,1-3H3/b7-5+/t18-,28?/m1/s1. The highest BCUT2D eigenvalue weighted by molar-refractivity contribution is 7.89. The maximum absolute atomic E-state index is 12.7. The Hall–Kier alpha value is -1.38. The summed E-state index contributed by atoms with van der Waals surface area (Å²) in [5, 5.41) is 0. The lowest BCUT2D eigenvalue weighted by molar-refractivity contribution is -0.168. The van der Waals surface area contributed by atoms with Crippen molar-refractivity contribution in [2.45, 2.75) is 62.7 Å². The van der Waals surface area contributed by atoms with Gasteiger partial charge in [-0.15, -0.1) is 4.72 Å². The van der Waals surface area contributed by atoms with Crippen LogP contribution in [-0.2, 0) is 30.4 Å². The molecule has 1 N–H and O–H groups in total. The third-order valence-electron chi connectivity index (χ3n) is 4.70. The molecule has 1 heterocycles. The predicted octanol–water partition coefficient (Wildman–Crippen LogP) is 3.42. The van der Waals surface area contributed by atoms with E-state index >= 15 is 0 Å². The van der Waals surface area contributed by atoms with E-state index in [0.717, 1.165) is 23.3 Å². The lowest BCUT2D eigenvalue weighted by Gasteiger charge is -2.29. The van der Waals surface area contributed by atoms with E-state index in [1.54, 1.807) is 6.08 Å². The van der Waals surface area contributed by atoms with Gasteiger partial charge < -0.3 is 18.8 Å². The highest BCUT2D eigenvalue weighted by Gasteiger charge is 2.36. The topological polar surface area (TPSA) is 79.9 Å². The number of aryl methyl sites for hydroxylation is 1. The van der Waals surface area contributed by atoms with Crippen LogP contribution in [0.2, 0.25) is 0 Å². The van der Waals surface area contributed by atoms with Gasteiger partial charge in [0.25, 0.3) is 0 Å². The van der Waals surface area contributed by atoms with E-state index in [1.165, 1.54) is 13.2 Å². The number of carbonyl (C=O) groups is 1. The van der Waals surface area contributed by atoms with Crippen LogP contribution in [0.5, 0.6) is 0 Å². The summed E-state index contributed by atoms with van der Waals surface area (Å²) < 4.78 is 32.3. The van der Waals surface area contributed by atoms with E-state index in [-0.39, 0.29) is 6.04 Å². The molecule has 1 aromatic carbocycles. The number of nitrogens with one attached hydrogen (secondary N) is 1. The van der Waals surface area contributed by atoms with Crippen LogP contribution in [0.15, 0.2) is 41.3 Å². The molecule has 1 aliphatic heterocycles. The predicted molar refractivity (Wildman–Crippen MR) is 109 cm³/mol. The summed E-state index contributed by atoms with van der Waals surface area (Å²) in [6, 6.07) is 7.52. The molecule has 6 nitrogen and oxygen atoms in total. The Kier molecular flexibility index (Phi) is 9.47. The largest absolute Gasteiger partial charge is 0.593 e. The van der Waals surface area contributed by atoms with E-state index in [9.17, 15) is 9.35 Å². The molecule has 0 spiro atoms. The van der Waals surface area contributed by atoms with Gasteiger partial charge in [-0.05, 0) is 31.9 Å². The summed E-state index contributed by atoms with van der Waals surface area (Å²) in [5.41, 5.74) is 1.12. The van der Waals surface area contributed by atoms with Crippen molar-refractivity contribution in [2.75, 3.05) is 20.3 Å². The van der Waals surface area contributed by atoms with Crippen LogP contribution >= 0.6 is 0 Å². The monoisotopic (exact) mass is 409 g/mol. The van der Waals surface area contributed by atoms with Gasteiger partial charge in [-0.1, -0.05) is 37.1 Å². The van der Waals surface area contributed by atoms with E-state index in [1.807, 2.05) is 31.2 Å². The first kappa shape index (κ1) is 22.9. The van der Waals surface area contributed by atoms with E-state index < -0.39 is 23.1 Å². The molecule has 1 unspecified atom stereocenters. The summed E-state index contributed by atoms with van der Waals surface area (Å²) in [7, 11) is 1.35. The lowest BCUT2D eigenvalue weighted by atomic mass is 10.00. The van der Waals surface area contributed by atoms with Gasteiger partial charge in [0.05, 0.1) is 37.7 Å². The number of methoxy groups -OCH3 is 1. The molecule has 0 amide bonds. The first-order chi connectivity index (χ1) is 13.5. The van der Waals surface area contributed by atoms with Crippen molar-refractivity contribution in [3.8, 4) is 0 Å². The van der Waals surface area contributed by atoms with Crippen molar-refractivity contribution in [1.82, 2.24) is 4.72 Å². The zero-order chi connectivity index (χ0) is 20.4. The minimum absolute atomic E-state index is 0.0930. The molecule has 0 radical (unpaired) electrons. The molecule has 28 heavy (non-hydrogen) atoms. The number of benzene rings is 1. The summed E-state index contributed by atoms with van der Waals surface area (Å²) in [4.78, 5) is 12.1. The number of hydrogen-bond acceptors (Lipinski definition) is 6. The SMILES string of the molecule is CCCC1(CC[C@@H](C/C=C/C(=O)OC)N[S+]([O-])c2ccc(C)cc2)OCCO1. The quantitative estimate of drug-likeness (QED) is 0.343. The molecule has 156 valence electrons. The first-order valence-electron chi connectivity index (χ1n) is 9.75. The normalized spacial score (nSPS) is 18.3. The molecule has 0 bridgehead atoms. The van der Waals surface area contributed by atoms with Gasteiger partial charge in [-0.2, -0.15) is 0 Å². The van der Waals surface area contributed by atoms with Crippen molar-refractivity contribution in [3.63, 3.8) is 0 Å². The van der Waals surface area contributed by atoms with Crippen LogP contribution in [-0.4, -0.2) is 42.7 Å². The Morgan fingerprint density at radius 2 is 2.00 bits per heavy atom. The zero-order valence-corrected chi connectivity index (χ0v) is 17.8. The van der Waals surface area contributed by atoms with Gasteiger partial charge in [-0.25, -0.2) is 4.79 Å². The molecule has 7 heteroatoms. The Bertz CT molecular complexity index is 628. The molecule has 1 aliphatic rings. The maximum atomic E-state index is 12.7. The number of esters is 1. The van der Waals surface area contributed by atoms with Crippen LogP contribution in [0.25, 0.3) is 0 Å².